The van der Waals surface area contributed by atoms with E-state index < -0.39 is 0 Å². The van der Waals surface area contributed by atoms with Crippen molar-refractivity contribution in [2.75, 3.05) is 11.9 Å². The van der Waals surface area contributed by atoms with Gasteiger partial charge >= 0.3 is 0 Å². The summed E-state index contributed by atoms with van der Waals surface area (Å²) in [4.78, 5) is 16.7. The monoisotopic (exact) mass is 366 g/mol. The second-order valence-electron chi connectivity index (χ2n) is 6.19. The van der Waals surface area contributed by atoms with E-state index in [2.05, 4.69) is 49.3 Å². The van der Waals surface area contributed by atoms with Gasteiger partial charge in [0.15, 0.2) is 11.7 Å². The second-order valence-corrected chi connectivity index (χ2v) is 7.05. The van der Waals surface area contributed by atoms with Crippen LogP contribution in [0.15, 0.2) is 47.8 Å². The SMILES string of the molecule is CCc1cccc(OCC(=O)Nc2nc(-c3cc(C)ccc3C)cs2)c1. The molecule has 1 aromatic heterocycles. The molecule has 3 rings (SSSR count). The predicted octanol–water partition coefficient (Wildman–Crippen LogP) is 5.01. The number of amides is 1. The Morgan fingerprint density at radius 1 is 1.19 bits per heavy atom. The van der Waals surface area contributed by atoms with E-state index >= 15 is 0 Å². The minimum Gasteiger partial charge on any atom is -0.484 e. The Morgan fingerprint density at radius 3 is 2.85 bits per heavy atom. The second kappa shape index (κ2) is 8.15. The average Bonchev–Trinajstić information content (AvgIpc) is 3.10. The average molecular weight is 366 g/mol. The van der Waals surface area contributed by atoms with Crippen molar-refractivity contribution in [3.63, 3.8) is 0 Å². The molecule has 1 N–H and O–H groups in total. The van der Waals surface area contributed by atoms with Crippen molar-refractivity contribution >= 4 is 22.4 Å². The van der Waals surface area contributed by atoms with Gasteiger partial charge in [0, 0.05) is 10.9 Å². The number of nitrogens with one attached hydrogen (secondary N) is 1. The minimum absolute atomic E-state index is 0.0362. The molecular weight excluding hydrogens is 344 g/mol. The number of thiazole rings is 1. The van der Waals surface area contributed by atoms with Crippen LogP contribution >= 0.6 is 11.3 Å². The number of carbonyl (C=O) groups excluding carboxylic acids is 1. The predicted molar refractivity (Wildman–Crippen MR) is 107 cm³/mol. The fourth-order valence-electron chi connectivity index (χ4n) is 2.63. The maximum absolute atomic E-state index is 12.1. The van der Waals surface area contributed by atoms with Crippen molar-refractivity contribution < 1.29 is 9.53 Å². The quantitative estimate of drug-likeness (QED) is 0.667. The van der Waals surface area contributed by atoms with Crippen molar-refractivity contribution in [2.24, 2.45) is 0 Å². The lowest BCUT2D eigenvalue weighted by Crippen LogP contribution is -2.20. The van der Waals surface area contributed by atoms with Gasteiger partial charge in [0.25, 0.3) is 5.91 Å². The number of ether oxygens (including phenoxy) is 1. The van der Waals surface area contributed by atoms with Gasteiger partial charge in [-0.2, -0.15) is 0 Å². The van der Waals surface area contributed by atoms with Crippen LogP contribution in [0.4, 0.5) is 5.13 Å². The van der Waals surface area contributed by atoms with Crippen LogP contribution in [0.25, 0.3) is 11.3 Å². The van der Waals surface area contributed by atoms with Crippen LogP contribution in [-0.2, 0) is 11.2 Å². The third-order valence-corrected chi connectivity index (χ3v) is 4.85. The van der Waals surface area contributed by atoms with Crippen LogP contribution < -0.4 is 10.1 Å². The number of hydrogen-bond acceptors (Lipinski definition) is 4. The number of aromatic nitrogens is 1. The summed E-state index contributed by atoms with van der Waals surface area (Å²) >= 11 is 1.42. The molecular formula is C21H22N2O2S. The highest BCUT2D eigenvalue weighted by Crippen LogP contribution is 2.28. The first-order valence-corrected chi connectivity index (χ1v) is 9.48. The van der Waals surface area contributed by atoms with Crippen molar-refractivity contribution in [1.82, 2.24) is 4.98 Å². The fourth-order valence-corrected chi connectivity index (χ4v) is 3.35. The molecule has 0 saturated heterocycles. The number of hydrogen-bond donors (Lipinski definition) is 1. The van der Waals surface area contributed by atoms with E-state index in [4.69, 9.17) is 4.74 Å². The molecule has 0 bridgehead atoms. The smallest absolute Gasteiger partial charge is 0.264 e. The van der Waals surface area contributed by atoms with Gasteiger partial charge in [-0.3, -0.25) is 10.1 Å². The summed E-state index contributed by atoms with van der Waals surface area (Å²) in [6, 6.07) is 14.1. The third kappa shape index (κ3) is 4.49. The summed E-state index contributed by atoms with van der Waals surface area (Å²) in [5.74, 6) is 0.489. The zero-order valence-electron chi connectivity index (χ0n) is 15.2. The third-order valence-electron chi connectivity index (χ3n) is 4.10. The zero-order valence-corrected chi connectivity index (χ0v) is 16.0. The van der Waals surface area contributed by atoms with Gasteiger partial charge in [0.05, 0.1) is 5.69 Å². The van der Waals surface area contributed by atoms with Crippen LogP contribution in [0, 0.1) is 13.8 Å². The molecule has 0 saturated carbocycles. The van der Waals surface area contributed by atoms with Crippen LogP contribution in [0.3, 0.4) is 0 Å². The topological polar surface area (TPSA) is 51.2 Å². The normalized spacial score (nSPS) is 10.6. The highest BCUT2D eigenvalue weighted by atomic mass is 32.1. The van der Waals surface area contributed by atoms with Crippen LogP contribution in [-0.4, -0.2) is 17.5 Å². The van der Waals surface area contributed by atoms with Gasteiger partial charge in [-0.15, -0.1) is 11.3 Å². The lowest BCUT2D eigenvalue weighted by Gasteiger charge is -2.07. The Labute approximate surface area is 157 Å². The van der Waals surface area contributed by atoms with Gasteiger partial charge in [0.2, 0.25) is 0 Å². The summed E-state index contributed by atoms with van der Waals surface area (Å²) in [5, 5.41) is 5.35. The van der Waals surface area contributed by atoms with E-state index in [0.29, 0.717) is 10.9 Å². The molecule has 0 radical (unpaired) electrons. The zero-order chi connectivity index (χ0) is 18.5. The van der Waals surface area contributed by atoms with E-state index in [1.807, 2.05) is 29.6 Å². The van der Waals surface area contributed by atoms with Crippen molar-refractivity contribution in [3.05, 3.63) is 64.5 Å². The molecule has 0 aliphatic carbocycles. The number of rotatable bonds is 6. The highest BCUT2D eigenvalue weighted by Gasteiger charge is 2.10. The van der Waals surface area contributed by atoms with E-state index in [1.54, 1.807) is 0 Å². The standard InChI is InChI=1S/C21H22N2O2S/c1-4-16-6-5-7-17(11-16)25-12-20(24)23-21-22-19(13-26-21)18-10-14(2)8-9-15(18)3/h5-11,13H,4,12H2,1-3H3,(H,22,23,24). The number of nitrogens with zero attached hydrogens (tertiary/aromatic N) is 1. The summed E-state index contributed by atoms with van der Waals surface area (Å²) in [6.07, 6.45) is 0.934. The first kappa shape index (κ1) is 18.1. The molecule has 0 unspecified atom stereocenters. The van der Waals surface area contributed by atoms with Gasteiger partial charge < -0.3 is 4.74 Å². The fraction of sp³-hybridized carbons (Fsp3) is 0.238. The highest BCUT2D eigenvalue weighted by molar-refractivity contribution is 7.14. The largest absolute Gasteiger partial charge is 0.484 e. The molecule has 0 fully saturated rings. The van der Waals surface area contributed by atoms with E-state index in [1.165, 1.54) is 22.5 Å². The van der Waals surface area contributed by atoms with E-state index in [0.717, 1.165) is 23.2 Å². The van der Waals surface area contributed by atoms with Gasteiger partial charge in [-0.25, -0.2) is 4.98 Å². The van der Waals surface area contributed by atoms with Crippen molar-refractivity contribution in [2.45, 2.75) is 27.2 Å². The first-order valence-electron chi connectivity index (χ1n) is 8.60. The van der Waals surface area contributed by atoms with Gasteiger partial charge in [-0.05, 0) is 49.6 Å². The first-order chi connectivity index (χ1) is 12.5. The number of carbonyl (C=O) groups is 1. The van der Waals surface area contributed by atoms with E-state index in [9.17, 15) is 4.79 Å². The molecule has 1 amide bonds. The Balaban J connectivity index is 1.61. The molecule has 1 heterocycles. The lowest BCUT2D eigenvalue weighted by atomic mass is 10.0. The Kier molecular flexibility index (Phi) is 5.68. The molecule has 3 aromatic rings. The molecule has 0 aliphatic rings. The van der Waals surface area contributed by atoms with Crippen LogP contribution in [0.5, 0.6) is 5.75 Å². The molecule has 0 atom stereocenters. The number of benzene rings is 2. The molecule has 4 nitrogen and oxygen atoms in total. The molecule has 5 heteroatoms. The Morgan fingerprint density at radius 2 is 2.04 bits per heavy atom. The van der Waals surface area contributed by atoms with Crippen LogP contribution in [0.2, 0.25) is 0 Å². The number of anilines is 1. The molecule has 2 aromatic carbocycles. The van der Waals surface area contributed by atoms with Crippen LogP contribution in [0.1, 0.15) is 23.6 Å². The summed E-state index contributed by atoms with van der Waals surface area (Å²) in [7, 11) is 0. The molecule has 0 spiro atoms. The van der Waals surface area contributed by atoms with Gasteiger partial charge in [0.1, 0.15) is 5.75 Å². The summed E-state index contributed by atoms with van der Waals surface area (Å²) in [6.45, 7) is 6.17. The minimum atomic E-state index is -0.214. The van der Waals surface area contributed by atoms with Crippen molar-refractivity contribution in [1.29, 1.82) is 0 Å². The number of aryl methyl sites for hydroxylation is 3. The Hall–Kier alpha value is -2.66. The summed E-state index contributed by atoms with van der Waals surface area (Å²) in [5.41, 5.74) is 5.50. The maximum atomic E-state index is 12.1. The van der Waals surface area contributed by atoms with Crippen molar-refractivity contribution in [3.8, 4) is 17.0 Å². The lowest BCUT2D eigenvalue weighted by molar-refractivity contribution is -0.118. The van der Waals surface area contributed by atoms with E-state index in [-0.39, 0.29) is 12.5 Å². The van der Waals surface area contributed by atoms with Gasteiger partial charge in [-0.1, -0.05) is 36.8 Å². The summed E-state index contributed by atoms with van der Waals surface area (Å²) < 4.78 is 5.57. The molecule has 0 aliphatic heterocycles. The molecule has 26 heavy (non-hydrogen) atoms. The molecule has 134 valence electrons. The Bertz CT molecular complexity index is 918. The maximum Gasteiger partial charge on any atom is 0.264 e.